The number of allylic oxidation sites excluding steroid dienone is 8. The van der Waals surface area contributed by atoms with Gasteiger partial charge in [-0.25, -0.2) is 0 Å². The van der Waals surface area contributed by atoms with E-state index in [0.717, 1.165) is 29.7 Å². The lowest BCUT2D eigenvalue weighted by atomic mass is 9.76. The van der Waals surface area contributed by atoms with Gasteiger partial charge in [0, 0.05) is 49.6 Å². The maximum atomic E-state index is 6.72. The van der Waals surface area contributed by atoms with Gasteiger partial charge in [0.05, 0.1) is 22.8 Å². The van der Waals surface area contributed by atoms with E-state index in [1.54, 1.807) is 0 Å². The van der Waals surface area contributed by atoms with Crippen LogP contribution in [0.3, 0.4) is 0 Å². The van der Waals surface area contributed by atoms with Crippen molar-refractivity contribution >= 4 is 90.9 Å². The summed E-state index contributed by atoms with van der Waals surface area (Å²) in [4.78, 5) is 5.27. The van der Waals surface area contributed by atoms with E-state index in [4.69, 9.17) is 11.0 Å². The summed E-state index contributed by atoms with van der Waals surface area (Å²) in [6.07, 6.45) is 35.3. The molecule has 0 amide bonds. The molecule has 416 valence electrons. The zero-order valence-electron chi connectivity index (χ0n) is 49.8. The molecule has 2 fully saturated rings. The van der Waals surface area contributed by atoms with Crippen molar-refractivity contribution in [3.05, 3.63) is 254 Å². The van der Waals surface area contributed by atoms with Crippen molar-refractivity contribution in [3.8, 4) is 16.8 Å². The van der Waals surface area contributed by atoms with Crippen LogP contribution in [-0.4, -0.2) is 15.0 Å². The normalized spacial score (nSPS) is 19.8. The van der Waals surface area contributed by atoms with E-state index < -0.39 is 0 Å². The summed E-state index contributed by atoms with van der Waals surface area (Å²) in [7, 11) is 0. The predicted octanol–water partition coefficient (Wildman–Crippen LogP) is 21.1. The number of hydrogen-bond acceptors (Lipinski definition) is 3. The lowest BCUT2D eigenvalue weighted by molar-refractivity contribution is 0.356. The summed E-state index contributed by atoms with van der Waals surface area (Å²) in [6, 6.07) is 48.7. The number of furan rings is 1. The van der Waals surface area contributed by atoms with E-state index in [9.17, 15) is 0 Å². The minimum absolute atomic E-state index is 0.124. The average molecular weight is 1100 g/mol. The van der Waals surface area contributed by atoms with Gasteiger partial charge in [0.15, 0.2) is 0 Å². The second-order valence-corrected chi connectivity index (χ2v) is 24.2. The van der Waals surface area contributed by atoms with E-state index in [1.807, 2.05) is 17.4 Å². The van der Waals surface area contributed by atoms with Crippen LogP contribution >= 0.6 is 11.3 Å². The Kier molecular flexibility index (Phi) is 15.6. The molecular formula is C79H78N2OS. The zero-order valence-corrected chi connectivity index (χ0v) is 50.6. The number of hydrogen-bond donors (Lipinski definition) is 0. The van der Waals surface area contributed by atoms with Crippen molar-refractivity contribution in [2.24, 2.45) is 0 Å². The number of para-hydroxylation sites is 1. The Labute approximate surface area is 496 Å². The van der Waals surface area contributed by atoms with Crippen molar-refractivity contribution < 1.29 is 4.42 Å². The molecule has 2 aliphatic carbocycles. The highest BCUT2D eigenvalue weighted by Gasteiger charge is 2.65. The molecule has 1 saturated carbocycles. The number of rotatable bonds is 15. The lowest BCUT2D eigenvalue weighted by Gasteiger charge is -2.28. The molecule has 3 nitrogen and oxygen atoms in total. The van der Waals surface area contributed by atoms with Gasteiger partial charge in [-0.1, -0.05) is 211 Å². The monoisotopic (exact) mass is 1100 g/mol. The highest BCUT2D eigenvalue weighted by molar-refractivity contribution is 7.14. The van der Waals surface area contributed by atoms with Crippen molar-refractivity contribution in [2.45, 2.75) is 123 Å². The summed E-state index contributed by atoms with van der Waals surface area (Å²) in [5.41, 5.74) is 18.5. The maximum Gasteiger partial charge on any atom is 0.138 e. The molecule has 4 heterocycles. The molecule has 3 aromatic heterocycles. The van der Waals surface area contributed by atoms with Gasteiger partial charge in [-0.05, 0) is 179 Å². The first-order chi connectivity index (χ1) is 40.6. The van der Waals surface area contributed by atoms with Crippen LogP contribution in [0.5, 0.6) is 0 Å². The molecule has 5 atom stereocenters. The number of aryl methyl sites for hydroxylation is 1. The van der Waals surface area contributed by atoms with Gasteiger partial charge in [-0.2, -0.15) is 0 Å². The molecule has 7 aromatic carbocycles. The summed E-state index contributed by atoms with van der Waals surface area (Å²) in [5.74, 6) is 0.889. The first-order valence-electron chi connectivity index (χ1n) is 30.4. The molecule has 0 N–H and O–H groups in total. The van der Waals surface area contributed by atoms with E-state index in [0.29, 0.717) is 5.92 Å². The molecule has 1 saturated heterocycles. The molecule has 5 unspecified atom stereocenters. The Bertz CT molecular complexity index is 4380. The Balaban J connectivity index is 0.00000222. The van der Waals surface area contributed by atoms with E-state index in [1.165, 1.54) is 140 Å². The third-order valence-corrected chi connectivity index (χ3v) is 19.4. The Morgan fingerprint density at radius 1 is 0.747 bits per heavy atom. The van der Waals surface area contributed by atoms with Crippen molar-refractivity contribution in [2.75, 3.05) is 0 Å². The fourth-order valence-electron chi connectivity index (χ4n) is 14.1. The molecule has 10 aromatic rings. The van der Waals surface area contributed by atoms with E-state index in [-0.39, 0.29) is 23.5 Å². The minimum Gasteiger partial charge on any atom is -0.456 e. The molecule has 13 rings (SSSR count). The second-order valence-electron chi connectivity index (χ2n) is 23.2. The van der Waals surface area contributed by atoms with Gasteiger partial charge in [-0.3, -0.25) is 4.90 Å². The number of thiophene rings is 1. The van der Waals surface area contributed by atoms with Gasteiger partial charge in [-0.15, -0.1) is 11.3 Å². The Morgan fingerprint density at radius 3 is 2.19 bits per heavy atom. The van der Waals surface area contributed by atoms with E-state index >= 15 is 0 Å². The van der Waals surface area contributed by atoms with Crippen LogP contribution in [0.25, 0.3) is 96.4 Å². The van der Waals surface area contributed by atoms with Crippen molar-refractivity contribution in [1.82, 2.24) is 9.47 Å². The standard InChI is InChI=1S/C76H70N2OS.C3H8/c1-9-14-16-25-55-44-58(28-17-15-10-2)80-74(55)49(7)76(13-5)75(56-39-41-60(48(6)43-56)63-30-19-18-29-61(63)53-26-22-27-53)78(76)50(8)51-35-37-52(38-36-51)54-40-42-69-66(45-54)64-31-20-21-33-68(64)77(69)57-46-67-62(24-11-3)59(12-4)65-32-23-34-70-72(65)73(67)71(47-57)79-70;1-3-2/h9-12,14-21,23-25,28-44,46-47,50,53-54,75H,3,7,13,22,26-27,45H2,1-2,4-6,8H3;3H2,1-2H3/b14-9+,15-10-,25-16-,28-17-,59-12+,62-24+;. The average Bonchev–Trinajstić information content (AvgIpc) is 1.91. The summed E-state index contributed by atoms with van der Waals surface area (Å²) >= 11 is 1.86. The fourth-order valence-corrected chi connectivity index (χ4v) is 15.3. The second kappa shape index (κ2) is 23.3. The quantitative estimate of drug-likeness (QED) is 0.0579. The number of benzene rings is 7. The number of fused-ring (bicyclic) bond motifs is 3. The van der Waals surface area contributed by atoms with Crippen LogP contribution in [0.2, 0.25) is 0 Å². The predicted molar refractivity (Wildman–Crippen MR) is 361 cm³/mol. The molecule has 83 heavy (non-hydrogen) atoms. The van der Waals surface area contributed by atoms with Crippen LogP contribution in [0.4, 0.5) is 0 Å². The number of aromatic nitrogens is 1. The smallest absolute Gasteiger partial charge is 0.138 e. The molecule has 0 spiro atoms. The molecule has 3 aliphatic rings. The highest BCUT2D eigenvalue weighted by Crippen LogP contribution is 2.66. The van der Waals surface area contributed by atoms with Gasteiger partial charge < -0.3 is 8.98 Å². The van der Waals surface area contributed by atoms with Gasteiger partial charge in [0.2, 0.25) is 0 Å². The van der Waals surface area contributed by atoms with Crippen LogP contribution in [0, 0.1) is 6.92 Å². The molecular weight excluding hydrogens is 1020 g/mol. The third kappa shape index (κ3) is 9.58. The Morgan fingerprint density at radius 2 is 1.47 bits per heavy atom. The molecule has 1 aliphatic heterocycles. The van der Waals surface area contributed by atoms with Crippen LogP contribution in [-0.2, 0) is 6.42 Å². The summed E-state index contributed by atoms with van der Waals surface area (Å²) in [6.45, 7) is 26.9. The minimum atomic E-state index is -0.293. The van der Waals surface area contributed by atoms with Gasteiger partial charge in [0.1, 0.15) is 11.2 Å². The summed E-state index contributed by atoms with van der Waals surface area (Å²) < 4.78 is 9.17. The van der Waals surface area contributed by atoms with Gasteiger partial charge in [0.25, 0.3) is 0 Å². The summed E-state index contributed by atoms with van der Waals surface area (Å²) in [5, 5.41) is 8.43. The van der Waals surface area contributed by atoms with Crippen LogP contribution < -0.4 is 10.4 Å². The highest BCUT2D eigenvalue weighted by atomic mass is 32.1. The SMILES string of the molecule is C=C/C=c1\c(=C/C)c2cccc3oc4cc(-n5c6c(c7ccccc75)CC(c5ccc(C(C)N7C(c8ccc(-c9ccccc9C9CCC9)c(C)c8)C7(CC)C(=C)c7sc(/C=C\C=C/C)cc7/C=C\C=C\C)cc5)C=C6)cc1c4c32.CCC. The molecule has 4 heteroatoms. The first kappa shape index (κ1) is 55.5. The van der Waals surface area contributed by atoms with Crippen LogP contribution in [0.1, 0.15) is 159 Å². The number of nitrogens with zero attached hydrogens (tertiary/aromatic N) is 2. The molecule has 0 radical (unpaired) electrons. The fraction of sp³-hybridized carbons (Fsp3) is 0.241. The third-order valence-electron chi connectivity index (χ3n) is 18.2. The van der Waals surface area contributed by atoms with Crippen LogP contribution in [0.15, 0.2) is 194 Å². The van der Waals surface area contributed by atoms with Crippen molar-refractivity contribution in [1.29, 1.82) is 0 Å². The zero-order chi connectivity index (χ0) is 57.5. The largest absolute Gasteiger partial charge is 0.456 e. The molecule has 0 bridgehead atoms. The van der Waals surface area contributed by atoms with Crippen molar-refractivity contribution in [3.63, 3.8) is 0 Å². The van der Waals surface area contributed by atoms with Gasteiger partial charge >= 0.3 is 0 Å². The van der Waals surface area contributed by atoms with E-state index in [2.05, 4.69) is 272 Å². The lowest BCUT2D eigenvalue weighted by Crippen LogP contribution is -2.26. The first-order valence-corrected chi connectivity index (χ1v) is 31.2. The Hall–Kier alpha value is -8.02. The topological polar surface area (TPSA) is 21.1 Å². The maximum absolute atomic E-state index is 6.72.